The molecule has 0 aromatic heterocycles. The van der Waals surface area contributed by atoms with Crippen molar-refractivity contribution in [3.05, 3.63) is 41.3 Å². The number of piperidine rings is 1. The molecule has 1 atom stereocenters. The fourth-order valence-corrected chi connectivity index (χ4v) is 3.69. The number of nitrogens with zero attached hydrogens (tertiary/aromatic N) is 1. The molecule has 1 aromatic rings. The summed E-state index contributed by atoms with van der Waals surface area (Å²) < 4.78 is 26.0. The van der Waals surface area contributed by atoms with Crippen molar-refractivity contribution < 1.29 is 8.42 Å². The fraction of sp³-hybridized carbons (Fsp3) is 0.467. The van der Waals surface area contributed by atoms with E-state index in [4.69, 9.17) is 5.73 Å². The average Bonchev–Trinajstić information content (AvgIpc) is 2.46. The van der Waals surface area contributed by atoms with Crippen molar-refractivity contribution in [3.63, 3.8) is 0 Å². The summed E-state index contributed by atoms with van der Waals surface area (Å²) in [6, 6.07) is 9.59. The van der Waals surface area contributed by atoms with E-state index in [0.717, 1.165) is 18.4 Å². The van der Waals surface area contributed by atoms with Gasteiger partial charge in [0.2, 0.25) is 10.0 Å². The summed E-state index contributed by atoms with van der Waals surface area (Å²) in [6.07, 6.45) is 3.33. The Morgan fingerprint density at radius 2 is 1.85 bits per heavy atom. The molecule has 2 N–H and O–H groups in total. The quantitative estimate of drug-likeness (QED) is 0.924. The molecule has 1 fully saturated rings. The first-order chi connectivity index (χ1) is 9.49. The van der Waals surface area contributed by atoms with Crippen molar-refractivity contribution in [3.8, 4) is 0 Å². The lowest BCUT2D eigenvalue weighted by atomic mass is 9.92. The van der Waals surface area contributed by atoms with Gasteiger partial charge in [-0.2, -0.15) is 4.31 Å². The molecule has 0 saturated carbocycles. The van der Waals surface area contributed by atoms with E-state index in [1.165, 1.54) is 5.41 Å². The van der Waals surface area contributed by atoms with Gasteiger partial charge < -0.3 is 5.73 Å². The van der Waals surface area contributed by atoms with E-state index >= 15 is 0 Å². The third-order valence-electron chi connectivity index (χ3n) is 3.83. The van der Waals surface area contributed by atoms with E-state index in [-0.39, 0.29) is 6.04 Å². The van der Waals surface area contributed by atoms with Crippen LogP contribution < -0.4 is 5.73 Å². The van der Waals surface area contributed by atoms with E-state index in [9.17, 15) is 8.42 Å². The minimum atomic E-state index is -3.32. The second-order valence-corrected chi connectivity index (χ2v) is 7.17. The predicted molar refractivity (Wildman–Crippen MR) is 82.3 cm³/mol. The van der Waals surface area contributed by atoms with Gasteiger partial charge in [0.25, 0.3) is 0 Å². The highest BCUT2D eigenvalue weighted by Gasteiger charge is 2.27. The summed E-state index contributed by atoms with van der Waals surface area (Å²) >= 11 is 0. The topological polar surface area (TPSA) is 63.4 Å². The molecule has 0 spiro atoms. The third-order valence-corrected chi connectivity index (χ3v) is 5.40. The zero-order valence-corrected chi connectivity index (χ0v) is 12.6. The molecule has 1 unspecified atom stereocenters. The number of hydrogen-bond acceptors (Lipinski definition) is 3. The first kappa shape index (κ1) is 15.2. The normalized spacial score (nSPS) is 20.3. The van der Waals surface area contributed by atoms with Crippen LogP contribution in [0.3, 0.4) is 0 Å². The molecule has 1 aromatic carbocycles. The molecule has 0 radical (unpaired) electrons. The molecule has 0 amide bonds. The molecule has 1 heterocycles. The number of rotatable bonds is 4. The standard InChI is InChI=1S/C15H22N2O2S/c1-13(16)15-7-10-17(11-8-15)20(18,19)12-9-14-5-3-2-4-6-14/h2-6,9,12-13,15H,7-8,10-11,16H2,1H3. The summed E-state index contributed by atoms with van der Waals surface area (Å²) in [4.78, 5) is 0. The van der Waals surface area contributed by atoms with Gasteiger partial charge in [0.1, 0.15) is 0 Å². The lowest BCUT2D eigenvalue weighted by Crippen LogP contribution is -2.41. The van der Waals surface area contributed by atoms with Crippen molar-refractivity contribution >= 4 is 16.1 Å². The first-order valence-corrected chi connectivity index (χ1v) is 8.48. The van der Waals surface area contributed by atoms with Gasteiger partial charge >= 0.3 is 0 Å². The van der Waals surface area contributed by atoms with E-state index in [0.29, 0.717) is 19.0 Å². The lowest BCUT2D eigenvalue weighted by molar-refractivity contribution is 0.252. The Hall–Kier alpha value is -1.17. The molecule has 4 nitrogen and oxygen atoms in total. The Kier molecular flexibility index (Phi) is 4.96. The monoisotopic (exact) mass is 294 g/mol. The number of sulfonamides is 1. The molecule has 5 heteroatoms. The summed E-state index contributed by atoms with van der Waals surface area (Å²) in [5.41, 5.74) is 6.76. The van der Waals surface area contributed by atoms with E-state index < -0.39 is 10.0 Å². The van der Waals surface area contributed by atoms with Crippen molar-refractivity contribution in [1.82, 2.24) is 4.31 Å². The van der Waals surface area contributed by atoms with Crippen LogP contribution in [0.4, 0.5) is 0 Å². The minimum absolute atomic E-state index is 0.139. The SMILES string of the molecule is CC(N)C1CCN(S(=O)(=O)C=Cc2ccccc2)CC1. The maximum atomic E-state index is 12.2. The Morgan fingerprint density at radius 3 is 2.40 bits per heavy atom. The van der Waals surface area contributed by atoms with Gasteiger partial charge in [0, 0.05) is 24.5 Å². The molecular weight excluding hydrogens is 272 g/mol. The van der Waals surface area contributed by atoms with Gasteiger partial charge in [0.15, 0.2) is 0 Å². The highest BCUT2D eigenvalue weighted by Crippen LogP contribution is 2.22. The predicted octanol–water partition coefficient (Wildman–Crippen LogP) is 2.05. The summed E-state index contributed by atoms with van der Waals surface area (Å²) in [5.74, 6) is 0.430. The molecule has 20 heavy (non-hydrogen) atoms. The van der Waals surface area contributed by atoms with Crippen LogP contribution in [0.25, 0.3) is 6.08 Å². The van der Waals surface area contributed by atoms with Crippen LogP contribution >= 0.6 is 0 Å². The van der Waals surface area contributed by atoms with Crippen LogP contribution in [0.2, 0.25) is 0 Å². The fourth-order valence-electron chi connectivity index (χ4n) is 2.47. The Morgan fingerprint density at radius 1 is 1.25 bits per heavy atom. The molecular formula is C15H22N2O2S. The van der Waals surface area contributed by atoms with Gasteiger partial charge in [-0.15, -0.1) is 0 Å². The van der Waals surface area contributed by atoms with Crippen LogP contribution in [0.5, 0.6) is 0 Å². The minimum Gasteiger partial charge on any atom is -0.328 e. The highest BCUT2D eigenvalue weighted by molar-refractivity contribution is 7.92. The van der Waals surface area contributed by atoms with Crippen LogP contribution in [0.15, 0.2) is 35.7 Å². The highest BCUT2D eigenvalue weighted by atomic mass is 32.2. The maximum absolute atomic E-state index is 12.2. The Balaban J connectivity index is 2.00. The molecule has 0 bridgehead atoms. The summed E-state index contributed by atoms with van der Waals surface area (Å²) in [7, 11) is -3.32. The molecule has 1 aliphatic heterocycles. The average molecular weight is 294 g/mol. The molecule has 2 rings (SSSR count). The molecule has 1 saturated heterocycles. The van der Waals surface area contributed by atoms with Crippen molar-refractivity contribution in [2.45, 2.75) is 25.8 Å². The van der Waals surface area contributed by atoms with E-state index in [1.54, 1.807) is 10.4 Å². The van der Waals surface area contributed by atoms with Crippen molar-refractivity contribution in [1.29, 1.82) is 0 Å². The van der Waals surface area contributed by atoms with Crippen LogP contribution in [-0.4, -0.2) is 31.9 Å². The molecule has 0 aliphatic carbocycles. The van der Waals surface area contributed by atoms with Crippen molar-refractivity contribution in [2.75, 3.05) is 13.1 Å². The van der Waals surface area contributed by atoms with Crippen LogP contribution in [0, 0.1) is 5.92 Å². The third kappa shape index (κ3) is 3.91. The van der Waals surface area contributed by atoms with Gasteiger partial charge in [-0.25, -0.2) is 8.42 Å². The molecule has 1 aliphatic rings. The second-order valence-electron chi connectivity index (χ2n) is 5.35. The van der Waals surface area contributed by atoms with Crippen LogP contribution in [0.1, 0.15) is 25.3 Å². The Bertz CT molecular complexity index is 544. The smallest absolute Gasteiger partial charge is 0.236 e. The number of benzene rings is 1. The Labute approximate surface area is 121 Å². The maximum Gasteiger partial charge on any atom is 0.236 e. The van der Waals surface area contributed by atoms with Crippen molar-refractivity contribution in [2.24, 2.45) is 11.7 Å². The lowest BCUT2D eigenvalue weighted by Gasteiger charge is -2.32. The zero-order valence-electron chi connectivity index (χ0n) is 11.8. The summed E-state index contributed by atoms with van der Waals surface area (Å²) in [6.45, 7) is 3.12. The molecule has 110 valence electrons. The van der Waals surface area contributed by atoms with Crippen LogP contribution in [-0.2, 0) is 10.0 Å². The number of hydrogen-bond donors (Lipinski definition) is 1. The van der Waals surface area contributed by atoms with E-state index in [2.05, 4.69) is 0 Å². The first-order valence-electron chi connectivity index (χ1n) is 6.98. The van der Waals surface area contributed by atoms with Gasteiger partial charge in [-0.05, 0) is 37.3 Å². The largest absolute Gasteiger partial charge is 0.328 e. The van der Waals surface area contributed by atoms with Gasteiger partial charge in [-0.3, -0.25) is 0 Å². The van der Waals surface area contributed by atoms with E-state index in [1.807, 2.05) is 37.3 Å². The van der Waals surface area contributed by atoms with Gasteiger partial charge in [-0.1, -0.05) is 30.3 Å². The van der Waals surface area contributed by atoms with Gasteiger partial charge in [0.05, 0.1) is 0 Å². The zero-order chi connectivity index (χ0) is 14.6. The second kappa shape index (κ2) is 6.52. The number of nitrogens with two attached hydrogens (primary N) is 1. The summed E-state index contributed by atoms with van der Waals surface area (Å²) in [5, 5.41) is 1.30.